The van der Waals surface area contributed by atoms with Gasteiger partial charge in [-0.05, 0) is 57.6 Å². The number of benzene rings is 1. The van der Waals surface area contributed by atoms with Crippen molar-refractivity contribution in [2.24, 2.45) is 0 Å². The molecule has 1 aromatic carbocycles. The molecule has 0 aromatic heterocycles. The maximum Gasteiger partial charge on any atom is 0.253 e. The summed E-state index contributed by atoms with van der Waals surface area (Å²) in [6.45, 7) is 0.750. The van der Waals surface area contributed by atoms with Gasteiger partial charge in [-0.1, -0.05) is 0 Å². The van der Waals surface area contributed by atoms with Gasteiger partial charge in [-0.15, -0.1) is 0 Å². The Hall–Kier alpha value is -1.55. The van der Waals surface area contributed by atoms with Crippen LogP contribution in [0.25, 0.3) is 0 Å². The predicted octanol–water partition coefficient (Wildman–Crippen LogP) is 1.95. The molecule has 1 aliphatic rings. The highest BCUT2D eigenvalue weighted by molar-refractivity contribution is 5.94. The van der Waals surface area contributed by atoms with Gasteiger partial charge in [0.1, 0.15) is 5.75 Å². The van der Waals surface area contributed by atoms with Crippen LogP contribution < -0.4 is 0 Å². The number of phenolic OH excluding ortho intramolecular Hbond substituents is 1. The lowest BCUT2D eigenvalue weighted by molar-refractivity contribution is 0.0252. The summed E-state index contributed by atoms with van der Waals surface area (Å²) in [4.78, 5) is 16.3. The fraction of sp³-hybridized carbons (Fsp3) is 0.533. The third-order valence-corrected chi connectivity index (χ3v) is 4.23. The summed E-state index contributed by atoms with van der Waals surface area (Å²) in [5, 5.41) is 9.25. The third-order valence-electron chi connectivity index (χ3n) is 4.23. The Labute approximate surface area is 114 Å². The molecule has 0 radical (unpaired) electrons. The van der Waals surface area contributed by atoms with Gasteiger partial charge in [0, 0.05) is 24.7 Å². The number of carbonyl (C=O) groups is 1. The second-order valence-electron chi connectivity index (χ2n) is 5.68. The van der Waals surface area contributed by atoms with Crippen molar-refractivity contribution in [2.75, 3.05) is 27.7 Å². The van der Waals surface area contributed by atoms with Gasteiger partial charge in [0.25, 0.3) is 5.91 Å². The Morgan fingerprint density at radius 3 is 2.21 bits per heavy atom. The summed E-state index contributed by atoms with van der Waals surface area (Å²) in [7, 11) is 6.01. The monoisotopic (exact) mass is 262 g/mol. The number of aromatic hydroxyl groups is 1. The van der Waals surface area contributed by atoms with Crippen molar-refractivity contribution in [1.82, 2.24) is 9.80 Å². The molecule has 4 heteroatoms. The molecule has 1 aliphatic carbocycles. The summed E-state index contributed by atoms with van der Waals surface area (Å²) in [6.07, 6.45) is 3.53. The highest BCUT2D eigenvalue weighted by atomic mass is 16.3. The molecule has 0 spiro atoms. The van der Waals surface area contributed by atoms with Crippen molar-refractivity contribution in [1.29, 1.82) is 0 Å². The zero-order chi connectivity index (χ0) is 14.0. The van der Waals surface area contributed by atoms with Crippen LogP contribution in [0.1, 0.15) is 29.6 Å². The number of nitrogens with zero attached hydrogens (tertiary/aromatic N) is 2. The summed E-state index contributed by atoms with van der Waals surface area (Å²) in [5.41, 5.74) is 0.759. The van der Waals surface area contributed by atoms with E-state index in [2.05, 4.69) is 19.0 Å². The van der Waals surface area contributed by atoms with E-state index in [1.54, 1.807) is 29.2 Å². The summed E-state index contributed by atoms with van der Waals surface area (Å²) in [5.74, 6) is 0.191. The van der Waals surface area contributed by atoms with E-state index in [9.17, 15) is 9.90 Å². The first-order chi connectivity index (χ1) is 8.94. The highest BCUT2D eigenvalue weighted by Gasteiger charge is 2.40. The van der Waals surface area contributed by atoms with Gasteiger partial charge in [0.15, 0.2) is 0 Å². The molecule has 19 heavy (non-hydrogen) atoms. The minimum atomic E-state index is 0.00752. The van der Waals surface area contributed by atoms with E-state index >= 15 is 0 Å². The molecule has 2 rings (SSSR count). The van der Waals surface area contributed by atoms with E-state index in [0.29, 0.717) is 5.56 Å². The van der Waals surface area contributed by atoms with Gasteiger partial charge in [-0.25, -0.2) is 0 Å². The van der Waals surface area contributed by atoms with Crippen LogP contribution in [0.5, 0.6) is 5.75 Å². The molecule has 1 saturated carbocycles. The van der Waals surface area contributed by atoms with Crippen molar-refractivity contribution in [3.63, 3.8) is 0 Å². The van der Waals surface area contributed by atoms with Gasteiger partial charge >= 0.3 is 0 Å². The van der Waals surface area contributed by atoms with Gasteiger partial charge < -0.3 is 14.9 Å². The number of carbonyl (C=O) groups excluding carboxylic acids is 1. The van der Waals surface area contributed by atoms with E-state index < -0.39 is 0 Å². The van der Waals surface area contributed by atoms with Crippen LogP contribution in [0.4, 0.5) is 0 Å². The standard InChI is InChI=1S/C15H22N2O2/c1-16(2)15(9-4-10-15)11-17(3)14(19)12-5-7-13(18)8-6-12/h5-8,18H,4,9-11H2,1-3H3. The van der Waals surface area contributed by atoms with Gasteiger partial charge in [0.2, 0.25) is 0 Å². The first-order valence-electron chi connectivity index (χ1n) is 6.66. The SMILES string of the molecule is CN(CC1(N(C)C)CCC1)C(=O)c1ccc(O)cc1. The summed E-state index contributed by atoms with van der Waals surface area (Å²) < 4.78 is 0. The Morgan fingerprint density at radius 2 is 1.79 bits per heavy atom. The second kappa shape index (κ2) is 5.21. The molecule has 0 heterocycles. The zero-order valence-corrected chi connectivity index (χ0v) is 11.9. The summed E-state index contributed by atoms with van der Waals surface area (Å²) in [6, 6.07) is 6.42. The Morgan fingerprint density at radius 1 is 1.21 bits per heavy atom. The minimum absolute atomic E-state index is 0.00752. The molecule has 0 saturated heterocycles. The lowest BCUT2D eigenvalue weighted by atomic mass is 9.75. The smallest absolute Gasteiger partial charge is 0.253 e. The van der Waals surface area contributed by atoms with Crippen LogP contribution in [-0.4, -0.2) is 54.0 Å². The fourth-order valence-electron chi connectivity index (χ4n) is 2.67. The largest absolute Gasteiger partial charge is 0.508 e. The maximum atomic E-state index is 12.3. The topological polar surface area (TPSA) is 43.8 Å². The van der Waals surface area contributed by atoms with Crippen LogP contribution in [0.3, 0.4) is 0 Å². The van der Waals surface area contributed by atoms with E-state index in [0.717, 1.165) is 19.4 Å². The number of rotatable bonds is 4. The Bertz CT molecular complexity index is 450. The number of amides is 1. The predicted molar refractivity (Wildman–Crippen MR) is 75.3 cm³/mol. The fourth-order valence-corrected chi connectivity index (χ4v) is 2.67. The van der Waals surface area contributed by atoms with Gasteiger partial charge in [0.05, 0.1) is 0 Å². The highest BCUT2D eigenvalue weighted by Crippen LogP contribution is 2.36. The molecule has 4 nitrogen and oxygen atoms in total. The van der Waals surface area contributed by atoms with Crippen molar-refractivity contribution >= 4 is 5.91 Å². The Balaban J connectivity index is 2.05. The average molecular weight is 262 g/mol. The van der Waals surface area contributed by atoms with Crippen LogP contribution in [0.2, 0.25) is 0 Å². The van der Waals surface area contributed by atoms with Crippen LogP contribution in [0.15, 0.2) is 24.3 Å². The van der Waals surface area contributed by atoms with E-state index in [1.165, 1.54) is 6.42 Å². The van der Waals surface area contributed by atoms with E-state index in [-0.39, 0.29) is 17.2 Å². The lowest BCUT2D eigenvalue weighted by Gasteiger charge is -2.49. The molecule has 0 bridgehead atoms. The van der Waals surface area contributed by atoms with Crippen molar-refractivity contribution in [3.8, 4) is 5.75 Å². The first-order valence-corrected chi connectivity index (χ1v) is 6.66. The summed E-state index contributed by atoms with van der Waals surface area (Å²) >= 11 is 0. The number of likely N-dealkylation sites (N-methyl/N-ethyl adjacent to an activating group) is 2. The van der Waals surface area contributed by atoms with E-state index in [4.69, 9.17) is 0 Å². The lowest BCUT2D eigenvalue weighted by Crippen LogP contribution is -2.57. The minimum Gasteiger partial charge on any atom is -0.508 e. The maximum absolute atomic E-state index is 12.3. The molecule has 1 N–H and O–H groups in total. The number of hydrogen-bond acceptors (Lipinski definition) is 3. The van der Waals surface area contributed by atoms with Crippen molar-refractivity contribution in [3.05, 3.63) is 29.8 Å². The number of hydrogen-bond donors (Lipinski definition) is 1. The van der Waals surface area contributed by atoms with Gasteiger partial charge in [-0.2, -0.15) is 0 Å². The molecule has 0 unspecified atom stereocenters. The Kier molecular flexibility index (Phi) is 3.80. The number of phenols is 1. The van der Waals surface area contributed by atoms with Crippen molar-refractivity contribution < 1.29 is 9.90 Å². The molecule has 1 amide bonds. The average Bonchev–Trinajstić information content (AvgIpc) is 2.33. The molecule has 104 valence electrons. The van der Waals surface area contributed by atoms with Crippen LogP contribution in [0, 0.1) is 0 Å². The second-order valence-corrected chi connectivity index (χ2v) is 5.68. The van der Waals surface area contributed by atoms with E-state index in [1.807, 2.05) is 7.05 Å². The van der Waals surface area contributed by atoms with Crippen LogP contribution in [-0.2, 0) is 0 Å². The molecule has 1 fully saturated rings. The molecular weight excluding hydrogens is 240 g/mol. The normalized spacial score (nSPS) is 17.1. The third kappa shape index (κ3) is 2.73. The molecule has 0 atom stereocenters. The zero-order valence-electron chi connectivity index (χ0n) is 11.9. The molecular formula is C15H22N2O2. The quantitative estimate of drug-likeness (QED) is 0.902. The van der Waals surface area contributed by atoms with Gasteiger partial charge in [-0.3, -0.25) is 4.79 Å². The van der Waals surface area contributed by atoms with Crippen LogP contribution >= 0.6 is 0 Å². The molecule has 0 aliphatic heterocycles. The first kappa shape index (κ1) is 13.9. The molecule has 1 aromatic rings. The van der Waals surface area contributed by atoms with Crippen molar-refractivity contribution in [2.45, 2.75) is 24.8 Å².